The first-order chi connectivity index (χ1) is 17.7. The summed E-state index contributed by atoms with van der Waals surface area (Å²) in [6.07, 6.45) is 1.71. The van der Waals surface area contributed by atoms with Crippen molar-refractivity contribution in [1.82, 2.24) is 18.5 Å². The van der Waals surface area contributed by atoms with Crippen LogP contribution in [0.3, 0.4) is 0 Å². The summed E-state index contributed by atoms with van der Waals surface area (Å²) in [4.78, 5) is 39.5. The highest BCUT2D eigenvalue weighted by molar-refractivity contribution is 6.06. The summed E-state index contributed by atoms with van der Waals surface area (Å²) in [6.45, 7) is 5.13. The van der Waals surface area contributed by atoms with Gasteiger partial charge in [-0.15, -0.1) is 0 Å². The summed E-state index contributed by atoms with van der Waals surface area (Å²) in [5, 5.41) is 0.773. The summed E-state index contributed by atoms with van der Waals surface area (Å²) in [5.41, 5.74) is 4.91. The Hall–Kier alpha value is -4.59. The van der Waals surface area contributed by atoms with Crippen LogP contribution in [-0.2, 0) is 18.8 Å². The number of aryl methyl sites for hydroxylation is 2. The zero-order valence-corrected chi connectivity index (χ0v) is 21.5. The van der Waals surface area contributed by atoms with E-state index in [2.05, 4.69) is 0 Å². The fraction of sp³-hybridized carbons (Fsp3) is 0.207. The van der Waals surface area contributed by atoms with Crippen molar-refractivity contribution in [3.05, 3.63) is 105 Å². The Bertz CT molecular complexity index is 1730. The first-order valence-electron chi connectivity index (χ1n) is 12.0. The molecule has 8 nitrogen and oxygen atoms in total. The Morgan fingerprint density at radius 3 is 2.27 bits per heavy atom. The molecule has 0 atom stereocenters. The summed E-state index contributed by atoms with van der Waals surface area (Å²) in [6, 6.07) is 18.7. The number of hydrogen-bond donors (Lipinski definition) is 0. The highest BCUT2D eigenvalue weighted by Gasteiger charge is 2.24. The van der Waals surface area contributed by atoms with Gasteiger partial charge in [0.05, 0.1) is 16.9 Å². The van der Waals surface area contributed by atoms with Crippen molar-refractivity contribution in [2.45, 2.75) is 20.8 Å². The van der Waals surface area contributed by atoms with Crippen molar-refractivity contribution < 1.29 is 14.3 Å². The Morgan fingerprint density at radius 1 is 0.865 bits per heavy atom. The number of ether oxygens (including phenoxy) is 1. The molecule has 5 aromatic rings. The third kappa shape index (κ3) is 3.91. The summed E-state index contributed by atoms with van der Waals surface area (Å²) < 4.78 is 12.5. The van der Waals surface area contributed by atoms with Gasteiger partial charge in [-0.25, -0.2) is 9.48 Å². The molecule has 0 saturated heterocycles. The summed E-state index contributed by atoms with van der Waals surface area (Å²) in [5.74, 6) is -0.881. The molecule has 0 bridgehead atoms. The lowest BCUT2D eigenvalue weighted by atomic mass is 10.1. The van der Waals surface area contributed by atoms with Crippen molar-refractivity contribution in [1.29, 1.82) is 0 Å². The first-order valence-corrected chi connectivity index (χ1v) is 12.0. The first kappa shape index (κ1) is 24.1. The number of nitrogens with zero attached hydrogens (tertiary/aromatic N) is 4. The largest absolute Gasteiger partial charge is 0.454 e. The van der Waals surface area contributed by atoms with Crippen LogP contribution in [0.4, 0.5) is 0 Å². The number of hydrogen-bond acceptors (Lipinski definition) is 4. The minimum Gasteiger partial charge on any atom is -0.454 e. The molecule has 37 heavy (non-hydrogen) atoms. The van der Waals surface area contributed by atoms with E-state index < -0.39 is 12.6 Å². The van der Waals surface area contributed by atoms with Crippen LogP contribution in [0.15, 0.2) is 71.7 Å². The number of fused-ring (bicyclic) bond motifs is 1. The van der Waals surface area contributed by atoms with Gasteiger partial charge in [0.2, 0.25) is 5.78 Å². The molecule has 0 amide bonds. The molecule has 0 spiro atoms. The summed E-state index contributed by atoms with van der Waals surface area (Å²) in [7, 11) is 3.69. The zero-order valence-electron chi connectivity index (χ0n) is 21.5. The number of para-hydroxylation sites is 2. The van der Waals surface area contributed by atoms with E-state index in [-0.39, 0.29) is 11.3 Å². The van der Waals surface area contributed by atoms with Crippen LogP contribution < -0.4 is 5.56 Å². The van der Waals surface area contributed by atoms with Gasteiger partial charge < -0.3 is 13.9 Å². The second kappa shape index (κ2) is 9.13. The summed E-state index contributed by atoms with van der Waals surface area (Å²) >= 11 is 0. The molecule has 0 aliphatic heterocycles. The van der Waals surface area contributed by atoms with Crippen LogP contribution in [0.25, 0.3) is 22.3 Å². The number of esters is 1. The Morgan fingerprint density at radius 2 is 1.54 bits per heavy atom. The standard InChI is InChI=1S/C29H28N4O4/c1-18-15-23(26(34)17-37-29(36)24-16-30(4)25-14-10-9-13-22(24)25)19(2)32(18)27-20(3)31(5)33(28(27)35)21-11-7-6-8-12-21/h6-16H,17H2,1-5H3. The van der Waals surface area contributed by atoms with E-state index in [1.54, 1.807) is 33.1 Å². The maximum Gasteiger partial charge on any atom is 0.340 e. The molecule has 188 valence electrons. The van der Waals surface area contributed by atoms with Crippen LogP contribution in [0, 0.1) is 20.8 Å². The van der Waals surface area contributed by atoms with E-state index in [1.807, 2.05) is 87.1 Å². The van der Waals surface area contributed by atoms with E-state index in [0.29, 0.717) is 22.5 Å². The highest BCUT2D eigenvalue weighted by atomic mass is 16.5. The van der Waals surface area contributed by atoms with E-state index in [0.717, 1.165) is 28.0 Å². The van der Waals surface area contributed by atoms with E-state index in [9.17, 15) is 14.4 Å². The van der Waals surface area contributed by atoms with Gasteiger partial charge in [0.1, 0.15) is 5.69 Å². The van der Waals surface area contributed by atoms with Crippen LogP contribution >= 0.6 is 0 Å². The molecule has 5 rings (SSSR count). The van der Waals surface area contributed by atoms with Crippen molar-refractivity contribution in [2.24, 2.45) is 14.1 Å². The molecule has 3 aromatic heterocycles. The maximum atomic E-state index is 13.5. The number of carbonyl (C=O) groups excluding carboxylic acids is 2. The Labute approximate surface area is 213 Å². The van der Waals surface area contributed by atoms with E-state index >= 15 is 0 Å². The molecule has 2 aromatic carbocycles. The number of carbonyl (C=O) groups is 2. The molecule has 0 saturated carbocycles. The SMILES string of the molecule is Cc1cc(C(=O)COC(=O)c2cn(C)c3ccccc23)c(C)n1-c1c(C)n(C)n(-c2ccccc2)c1=O. The molecule has 0 fully saturated rings. The monoisotopic (exact) mass is 496 g/mol. The Balaban J connectivity index is 1.44. The van der Waals surface area contributed by atoms with Crippen molar-refractivity contribution in [3.63, 3.8) is 0 Å². The lowest BCUT2D eigenvalue weighted by molar-refractivity contribution is 0.0476. The minimum atomic E-state index is -0.552. The van der Waals surface area contributed by atoms with Gasteiger partial charge in [-0.05, 0) is 45.0 Å². The molecule has 0 unspecified atom stereocenters. The van der Waals surface area contributed by atoms with Crippen LogP contribution in [-0.4, -0.2) is 36.9 Å². The third-order valence-electron chi connectivity index (χ3n) is 6.93. The van der Waals surface area contributed by atoms with Crippen LogP contribution in [0.2, 0.25) is 0 Å². The third-order valence-corrected chi connectivity index (χ3v) is 6.93. The van der Waals surface area contributed by atoms with Crippen molar-refractivity contribution in [2.75, 3.05) is 6.61 Å². The zero-order chi connectivity index (χ0) is 26.4. The topological polar surface area (TPSA) is 80.2 Å². The average molecular weight is 497 g/mol. The van der Waals surface area contributed by atoms with Crippen LogP contribution in [0.1, 0.15) is 37.8 Å². The quantitative estimate of drug-likeness (QED) is 0.257. The van der Waals surface area contributed by atoms with Gasteiger partial charge >= 0.3 is 5.97 Å². The normalized spacial score (nSPS) is 11.3. The molecule has 3 heterocycles. The second-order valence-electron chi connectivity index (χ2n) is 9.20. The number of benzene rings is 2. The second-order valence-corrected chi connectivity index (χ2v) is 9.20. The average Bonchev–Trinajstić information content (AvgIpc) is 3.46. The van der Waals surface area contributed by atoms with Crippen LogP contribution in [0.5, 0.6) is 0 Å². The van der Waals surface area contributed by atoms with Gasteiger partial charge in [0.15, 0.2) is 6.61 Å². The number of Topliss-reactive ketones (excluding diaryl/α,β-unsaturated/α-hetero) is 1. The van der Waals surface area contributed by atoms with Gasteiger partial charge in [-0.3, -0.25) is 14.3 Å². The number of rotatable bonds is 6. The lowest BCUT2D eigenvalue weighted by Gasteiger charge is -2.09. The Kier molecular flexibility index (Phi) is 5.95. The minimum absolute atomic E-state index is 0.186. The van der Waals surface area contributed by atoms with Crippen molar-refractivity contribution in [3.8, 4) is 11.4 Å². The molecule has 0 aliphatic rings. The van der Waals surface area contributed by atoms with Gasteiger partial charge in [0.25, 0.3) is 5.56 Å². The maximum absolute atomic E-state index is 13.5. The molecule has 8 heteroatoms. The predicted octanol–water partition coefficient (Wildman–Crippen LogP) is 4.42. The highest BCUT2D eigenvalue weighted by Crippen LogP contribution is 2.24. The lowest BCUT2D eigenvalue weighted by Crippen LogP contribution is -2.22. The fourth-order valence-electron chi connectivity index (χ4n) is 4.99. The van der Waals surface area contributed by atoms with E-state index in [1.165, 1.54) is 0 Å². The van der Waals surface area contributed by atoms with Crippen molar-refractivity contribution >= 4 is 22.7 Å². The van der Waals surface area contributed by atoms with E-state index in [4.69, 9.17) is 4.74 Å². The number of ketones is 1. The molecule has 0 N–H and O–H groups in total. The van der Waals surface area contributed by atoms with Gasteiger partial charge in [-0.2, -0.15) is 0 Å². The van der Waals surface area contributed by atoms with Gasteiger partial charge in [0, 0.05) is 48.1 Å². The van der Waals surface area contributed by atoms with Gasteiger partial charge in [-0.1, -0.05) is 36.4 Å². The molecular weight excluding hydrogens is 468 g/mol. The molecule has 0 radical (unpaired) electrons. The molecule has 0 aliphatic carbocycles. The smallest absolute Gasteiger partial charge is 0.340 e. The number of aromatic nitrogens is 4. The predicted molar refractivity (Wildman–Crippen MR) is 142 cm³/mol. The fourth-order valence-corrected chi connectivity index (χ4v) is 4.99. The molecular formula is C29H28N4O4.